The first-order valence-electron chi connectivity index (χ1n) is 1.99. The van der Waals surface area contributed by atoms with E-state index in [4.69, 9.17) is 0 Å². The van der Waals surface area contributed by atoms with E-state index in [9.17, 15) is 0 Å². The van der Waals surface area contributed by atoms with E-state index in [0.717, 1.165) is 9.25 Å². The molecule has 0 saturated heterocycles. The van der Waals surface area contributed by atoms with Crippen LogP contribution in [-0.2, 0) is 5.33 Å². The number of alkyl halides is 1. The Morgan fingerprint density at radius 1 is 1.75 bits per heavy atom. The van der Waals surface area contributed by atoms with Crippen molar-refractivity contribution in [1.82, 2.24) is 4.98 Å². The molecule has 0 amide bonds. The molecule has 0 aliphatic heterocycles. The van der Waals surface area contributed by atoms with E-state index in [-0.39, 0.29) is 0 Å². The summed E-state index contributed by atoms with van der Waals surface area (Å²) in [4.78, 5) is 5.24. The molecule has 1 heterocycles. The lowest BCUT2D eigenvalue weighted by Crippen LogP contribution is -1.59. The molecule has 0 fully saturated rings. The molecule has 0 radical (unpaired) electrons. The van der Waals surface area contributed by atoms with E-state index >= 15 is 0 Å². The summed E-state index contributed by atoms with van der Waals surface area (Å²) in [5.74, 6) is 0. The Labute approximate surface area is 68.4 Å². The van der Waals surface area contributed by atoms with Gasteiger partial charge in [0.25, 0.3) is 0 Å². The molecule has 0 atom stereocenters. The number of hydrogen-bond donors (Lipinski definition) is 0. The summed E-state index contributed by atoms with van der Waals surface area (Å²) in [6.45, 7) is 0. The number of thiazole rings is 1. The molecule has 0 aromatic carbocycles. The van der Waals surface area contributed by atoms with Gasteiger partial charge in [0.05, 0.1) is 0 Å². The maximum absolute atomic E-state index is 3.99. The quantitative estimate of drug-likeness (QED) is 0.705. The first-order valence-corrected chi connectivity index (χ1v) is 4.72. The minimum absolute atomic E-state index is 0.899. The second kappa shape index (κ2) is 2.94. The molecule has 0 aliphatic rings. The maximum Gasteiger partial charge on any atom is 0.159 e. The minimum atomic E-state index is 0.899. The van der Waals surface area contributed by atoms with Gasteiger partial charge < -0.3 is 0 Å². The van der Waals surface area contributed by atoms with Crippen molar-refractivity contribution in [3.8, 4) is 0 Å². The van der Waals surface area contributed by atoms with Crippen LogP contribution in [0.4, 0.5) is 0 Å². The number of rotatable bonds is 1. The number of halogens is 2. The molecule has 0 bridgehead atoms. The van der Waals surface area contributed by atoms with Crippen molar-refractivity contribution >= 4 is 43.2 Å². The Morgan fingerprint density at radius 3 is 2.75 bits per heavy atom. The Hall–Kier alpha value is 0.590. The molecule has 1 aromatic rings. The van der Waals surface area contributed by atoms with E-state index < -0.39 is 0 Å². The molecule has 0 spiro atoms. The highest BCUT2D eigenvalue weighted by molar-refractivity contribution is 9.11. The maximum atomic E-state index is 3.99. The summed E-state index contributed by atoms with van der Waals surface area (Å²) in [6, 6.07) is 0. The third kappa shape index (κ3) is 1.53. The fraction of sp³-hybridized carbons (Fsp3) is 0.250. The van der Waals surface area contributed by atoms with E-state index in [2.05, 4.69) is 36.8 Å². The van der Waals surface area contributed by atoms with Crippen molar-refractivity contribution in [3.63, 3.8) is 0 Å². The van der Waals surface area contributed by atoms with Gasteiger partial charge in [-0.05, 0) is 15.9 Å². The van der Waals surface area contributed by atoms with Crippen LogP contribution in [0.2, 0.25) is 0 Å². The minimum Gasteiger partial charge on any atom is -0.237 e. The second-order valence-electron chi connectivity index (χ2n) is 1.21. The molecule has 1 rings (SSSR count). The van der Waals surface area contributed by atoms with Crippen molar-refractivity contribution in [2.45, 2.75) is 5.33 Å². The molecule has 0 saturated carbocycles. The molecule has 44 valence electrons. The van der Waals surface area contributed by atoms with Crippen LogP contribution in [0, 0.1) is 0 Å². The molecular weight excluding hydrogens is 254 g/mol. The zero-order chi connectivity index (χ0) is 5.98. The van der Waals surface area contributed by atoms with Crippen molar-refractivity contribution in [2.24, 2.45) is 0 Å². The van der Waals surface area contributed by atoms with Crippen molar-refractivity contribution in [1.29, 1.82) is 0 Å². The average molecular weight is 257 g/mol. The van der Waals surface area contributed by atoms with Gasteiger partial charge in [-0.3, -0.25) is 0 Å². The fourth-order valence-corrected chi connectivity index (χ4v) is 2.04. The van der Waals surface area contributed by atoms with E-state index in [1.807, 2.05) is 6.20 Å². The molecule has 1 nitrogen and oxygen atoms in total. The van der Waals surface area contributed by atoms with Crippen molar-refractivity contribution in [3.05, 3.63) is 15.0 Å². The molecule has 4 heteroatoms. The summed E-state index contributed by atoms with van der Waals surface area (Å²) in [7, 11) is 0. The summed E-state index contributed by atoms with van der Waals surface area (Å²) in [6.07, 6.45) is 1.85. The van der Waals surface area contributed by atoms with E-state index in [0.29, 0.717) is 0 Å². The van der Waals surface area contributed by atoms with Gasteiger partial charge in [-0.25, -0.2) is 4.98 Å². The summed E-state index contributed by atoms with van der Waals surface area (Å²) < 4.78 is 0.951. The number of hydrogen-bond acceptors (Lipinski definition) is 2. The SMILES string of the molecule is BrCc1cnc(Br)s1. The third-order valence-corrected chi connectivity index (χ3v) is 3.11. The largest absolute Gasteiger partial charge is 0.237 e. The van der Waals surface area contributed by atoms with Crippen LogP contribution in [-0.4, -0.2) is 4.98 Å². The molecule has 8 heavy (non-hydrogen) atoms. The Kier molecular flexibility index (Phi) is 2.46. The second-order valence-corrected chi connectivity index (χ2v) is 4.17. The van der Waals surface area contributed by atoms with Gasteiger partial charge in [0.1, 0.15) is 0 Å². The van der Waals surface area contributed by atoms with Crippen LogP contribution < -0.4 is 0 Å². The van der Waals surface area contributed by atoms with Crippen LogP contribution in [0.5, 0.6) is 0 Å². The predicted octanol–water partition coefficient (Wildman–Crippen LogP) is 2.80. The smallest absolute Gasteiger partial charge is 0.159 e. The summed E-state index contributed by atoms with van der Waals surface area (Å²) in [5, 5.41) is 0.899. The highest BCUT2D eigenvalue weighted by atomic mass is 79.9. The van der Waals surface area contributed by atoms with Gasteiger partial charge in [0, 0.05) is 16.4 Å². The number of aromatic nitrogens is 1. The van der Waals surface area contributed by atoms with E-state index in [1.165, 1.54) is 4.88 Å². The Morgan fingerprint density at radius 2 is 2.50 bits per heavy atom. The molecule has 1 aromatic heterocycles. The normalized spacial score (nSPS) is 9.75. The van der Waals surface area contributed by atoms with Crippen LogP contribution >= 0.6 is 43.2 Å². The lowest BCUT2D eigenvalue weighted by Gasteiger charge is -1.75. The average Bonchev–Trinajstić information content (AvgIpc) is 2.14. The first-order chi connectivity index (χ1) is 3.83. The molecule has 0 aliphatic carbocycles. The van der Waals surface area contributed by atoms with Crippen molar-refractivity contribution in [2.75, 3.05) is 0 Å². The summed E-state index contributed by atoms with van der Waals surface area (Å²) in [5.41, 5.74) is 0. The Balaban J connectivity index is 2.84. The van der Waals surface area contributed by atoms with Crippen LogP contribution in [0.3, 0.4) is 0 Å². The fourth-order valence-electron chi connectivity index (χ4n) is 0.345. The van der Waals surface area contributed by atoms with Crippen LogP contribution in [0.25, 0.3) is 0 Å². The standard InChI is InChI=1S/C4H3Br2NS/c5-1-3-2-7-4(6)8-3/h2H,1H2. The van der Waals surface area contributed by atoms with Gasteiger partial charge in [0.15, 0.2) is 3.92 Å². The summed E-state index contributed by atoms with van der Waals surface area (Å²) >= 11 is 8.23. The third-order valence-electron chi connectivity index (χ3n) is 0.657. The van der Waals surface area contributed by atoms with Gasteiger partial charge in [-0.15, -0.1) is 11.3 Å². The predicted molar refractivity (Wildman–Crippen MR) is 42.4 cm³/mol. The lowest BCUT2D eigenvalue weighted by atomic mass is 10.7. The topological polar surface area (TPSA) is 12.9 Å². The molecule has 0 N–H and O–H groups in total. The van der Waals surface area contributed by atoms with Gasteiger partial charge in [-0.2, -0.15) is 0 Å². The molecular formula is C4H3Br2NS. The van der Waals surface area contributed by atoms with E-state index in [1.54, 1.807) is 11.3 Å². The van der Waals surface area contributed by atoms with Gasteiger partial charge in [-0.1, -0.05) is 15.9 Å². The zero-order valence-corrected chi connectivity index (χ0v) is 7.88. The first kappa shape index (κ1) is 6.71. The Bertz CT molecular complexity index is 174. The molecule has 0 unspecified atom stereocenters. The lowest BCUT2D eigenvalue weighted by molar-refractivity contribution is 1.35. The van der Waals surface area contributed by atoms with Crippen molar-refractivity contribution < 1.29 is 0 Å². The van der Waals surface area contributed by atoms with Crippen LogP contribution in [0.15, 0.2) is 10.1 Å². The highest BCUT2D eigenvalue weighted by Gasteiger charge is 1.93. The van der Waals surface area contributed by atoms with Gasteiger partial charge in [0.2, 0.25) is 0 Å². The highest BCUT2D eigenvalue weighted by Crippen LogP contribution is 2.19. The number of nitrogens with zero attached hydrogens (tertiary/aromatic N) is 1. The monoisotopic (exact) mass is 255 g/mol. The van der Waals surface area contributed by atoms with Gasteiger partial charge >= 0.3 is 0 Å². The zero-order valence-electron chi connectivity index (χ0n) is 3.90. The van der Waals surface area contributed by atoms with Crippen LogP contribution in [0.1, 0.15) is 4.88 Å².